The van der Waals surface area contributed by atoms with Gasteiger partial charge in [0.25, 0.3) is 0 Å². The van der Waals surface area contributed by atoms with Gasteiger partial charge in [0.15, 0.2) is 0 Å². The quantitative estimate of drug-likeness (QED) is 0.156. The fourth-order valence-electron chi connectivity index (χ4n) is 7.05. The lowest BCUT2D eigenvalue weighted by atomic mass is 10.1. The molecule has 0 N–H and O–H groups in total. The summed E-state index contributed by atoms with van der Waals surface area (Å²) in [7, 11) is 2.85. The molecule has 55 heavy (non-hydrogen) atoms. The van der Waals surface area contributed by atoms with Crippen LogP contribution >= 0.6 is 23.2 Å². The second kappa shape index (κ2) is 16.0. The summed E-state index contributed by atoms with van der Waals surface area (Å²) >= 11 is 12.8. The number of ether oxygens (including phenoxy) is 7. The molecule has 15 nitrogen and oxygen atoms in total. The van der Waals surface area contributed by atoms with Crippen molar-refractivity contribution in [2.45, 2.75) is 37.2 Å². The lowest BCUT2D eigenvalue weighted by molar-refractivity contribution is -0.452. The van der Waals surface area contributed by atoms with Crippen LogP contribution in [0.15, 0.2) is 96.6 Å². The zero-order valence-electron chi connectivity index (χ0n) is 30.3. The highest BCUT2D eigenvalue weighted by Gasteiger charge is 2.46. The van der Waals surface area contributed by atoms with E-state index in [4.69, 9.17) is 56.4 Å². The summed E-state index contributed by atoms with van der Waals surface area (Å²) in [4.78, 5) is 22.0. The third kappa shape index (κ3) is 7.97. The van der Waals surface area contributed by atoms with Crippen molar-refractivity contribution in [3.63, 3.8) is 0 Å². The van der Waals surface area contributed by atoms with Crippen LogP contribution in [0.4, 0.5) is 11.4 Å². The van der Waals surface area contributed by atoms with Gasteiger partial charge >= 0.3 is 11.8 Å². The molecular weight excluding hydrogens is 753 g/mol. The summed E-state index contributed by atoms with van der Waals surface area (Å²) < 4.78 is 45.2. The highest BCUT2D eigenvalue weighted by atomic mass is 35.5. The van der Waals surface area contributed by atoms with Gasteiger partial charge in [0.1, 0.15) is 30.9 Å². The smallest absolute Gasteiger partial charge is 0.412 e. The Morgan fingerprint density at radius 3 is 2.13 bits per heavy atom. The SMILES string of the molecule is COC1(OC)OCC(Cn2ncn(-c3ccc(N4CCN(c5ccc(OCC6COC(Cn7ccnc7)(c7ccc(Cl)cc7Cl)O6)cc5)CC4)cc3)c2=O)O1. The first-order valence-corrected chi connectivity index (χ1v) is 18.6. The minimum absolute atomic E-state index is 0.194. The first-order chi connectivity index (χ1) is 26.7. The molecule has 3 unspecified atom stereocenters. The van der Waals surface area contributed by atoms with E-state index >= 15 is 0 Å². The van der Waals surface area contributed by atoms with E-state index in [9.17, 15) is 4.79 Å². The molecule has 290 valence electrons. The lowest BCUT2D eigenvalue weighted by Crippen LogP contribution is -2.46. The van der Waals surface area contributed by atoms with Crippen molar-refractivity contribution >= 4 is 34.6 Å². The average molecular weight is 795 g/mol. The Kier molecular flexibility index (Phi) is 10.9. The Labute approximate surface area is 327 Å². The molecule has 17 heteroatoms. The summed E-state index contributed by atoms with van der Waals surface area (Å²) in [6.45, 7) is 4.81. The van der Waals surface area contributed by atoms with E-state index in [1.807, 2.05) is 53.2 Å². The van der Waals surface area contributed by atoms with Gasteiger partial charge in [-0.2, -0.15) is 5.10 Å². The van der Waals surface area contributed by atoms with Crippen LogP contribution in [0.25, 0.3) is 5.69 Å². The number of aromatic nitrogens is 5. The van der Waals surface area contributed by atoms with E-state index in [0.717, 1.165) is 49.0 Å². The molecule has 0 spiro atoms. The van der Waals surface area contributed by atoms with Gasteiger partial charge in [-0.3, -0.25) is 4.74 Å². The highest BCUT2D eigenvalue weighted by molar-refractivity contribution is 6.35. The Bertz CT molecular complexity index is 2100. The molecule has 5 heterocycles. The number of halogens is 2. The van der Waals surface area contributed by atoms with Gasteiger partial charge in [0.05, 0.1) is 43.3 Å². The Morgan fingerprint density at radius 1 is 0.818 bits per heavy atom. The van der Waals surface area contributed by atoms with Gasteiger partial charge in [-0.15, -0.1) is 0 Å². The zero-order valence-corrected chi connectivity index (χ0v) is 31.8. The number of anilines is 2. The zero-order chi connectivity index (χ0) is 38.0. The van der Waals surface area contributed by atoms with E-state index in [1.54, 1.807) is 24.7 Å². The second-order valence-corrected chi connectivity index (χ2v) is 14.2. The second-order valence-electron chi connectivity index (χ2n) is 13.4. The molecule has 0 saturated carbocycles. The molecule has 3 fully saturated rings. The van der Waals surface area contributed by atoms with E-state index in [0.29, 0.717) is 35.4 Å². The maximum atomic E-state index is 13.1. The van der Waals surface area contributed by atoms with Crippen LogP contribution in [-0.4, -0.2) is 102 Å². The van der Waals surface area contributed by atoms with Gasteiger partial charge in [-0.25, -0.2) is 19.0 Å². The van der Waals surface area contributed by atoms with Crippen LogP contribution in [0.3, 0.4) is 0 Å². The molecule has 3 aliphatic heterocycles. The van der Waals surface area contributed by atoms with Crippen LogP contribution in [0, 0.1) is 0 Å². The molecule has 0 amide bonds. The predicted octanol–water partition coefficient (Wildman–Crippen LogP) is 4.53. The normalized spacial score (nSPS) is 22.4. The van der Waals surface area contributed by atoms with Gasteiger partial charge < -0.3 is 42.8 Å². The van der Waals surface area contributed by atoms with E-state index < -0.39 is 18.1 Å². The van der Waals surface area contributed by atoms with Gasteiger partial charge in [0.2, 0.25) is 5.79 Å². The van der Waals surface area contributed by atoms with Crippen molar-refractivity contribution in [2.75, 3.05) is 70.0 Å². The molecule has 3 aliphatic rings. The molecule has 5 aromatic rings. The number of hydrogen-bond acceptors (Lipinski definition) is 12. The average Bonchev–Trinajstić information content (AvgIpc) is 4.04. The lowest BCUT2D eigenvalue weighted by Gasteiger charge is -2.37. The summed E-state index contributed by atoms with van der Waals surface area (Å²) in [6, 6.07) is 21.4. The number of imidazole rings is 1. The van der Waals surface area contributed by atoms with Crippen molar-refractivity contribution in [2.24, 2.45) is 0 Å². The van der Waals surface area contributed by atoms with Gasteiger partial charge in [0, 0.05) is 74.8 Å². The van der Waals surface area contributed by atoms with Crippen LogP contribution in [0.5, 0.6) is 5.75 Å². The first-order valence-electron chi connectivity index (χ1n) is 17.9. The predicted molar refractivity (Wildman–Crippen MR) is 203 cm³/mol. The molecule has 3 atom stereocenters. The van der Waals surface area contributed by atoms with Crippen molar-refractivity contribution in [1.29, 1.82) is 0 Å². The van der Waals surface area contributed by atoms with Crippen LogP contribution in [-0.2, 0) is 47.3 Å². The number of hydrogen-bond donors (Lipinski definition) is 0. The molecule has 0 aliphatic carbocycles. The molecule has 0 bridgehead atoms. The molecule has 8 rings (SSSR count). The number of methoxy groups -OCH3 is 2. The molecular formula is C38H41Cl2N7O8. The van der Waals surface area contributed by atoms with Crippen LogP contribution < -0.4 is 20.2 Å². The Balaban J connectivity index is 0.825. The Morgan fingerprint density at radius 2 is 1.49 bits per heavy atom. The molecule has 3 aromatic carbocycles. The Hall–Kier alpha value is -4.45. The van der Waals surface area contributed by atoms with Gasteiger partial charge in [-0.1, -0.05) is 29.3 Å². The maximum Gasteiger partial charge on any atom is 0.412 e. The fourth-order valence-corrected chi connectivity index (χ4v) is 7.60. The molecule has 0 radical (unpaired) electrons. The number of rotatable bonds is 13. The van der Waals surface area contributed by atoms with Crippen molar-refractivity contribution in [3.8, 4) is 11.4 Å². The summed E-state index contributed by atoms with van der Waals surface area (Å²) in [5.41, 5.74) is 3.35. The summed E-state index contributed by atoms with van der Waals surface area (Å²) in [5, 5.41) is 5.28. The largest absolute Gasteiger partial charge is 0.491 e. The van der Waals surface area contributed by atoms with Crippen molar-refractivity contribution in [1.82, 2.24) is 23.9 Å². The number of benzene rings is 3. The highest BCUT2D eigenvalue weighted by Crippen LogP contribution is 2.40. The van der Waals surface area contributed by atoms with E-state index in [1.165, 1.54) is 29.8 Å². The van der Waals surface area contributed by atoms with Crippen molar-refractivity contribution < 1.29 is 33.2 Å². The maximum absolute atomic E-state index is 13.1. The number of piperazine rings is 1. The topological polar surface area (TPSA) is 129 Å². The summed E-state index contributed by atoms with van der Waals surface area (Å²) in [6.07, 6.45) is 4.44. The molecule has 3 saturated heterocycles. The van der Waals surface area contributed by atoms with E-state index in [-0.39, 0.29) is 24.9 Å². The molecule has 2 aromatic heterocycles. The standard InChI is InChI=1S/C38H41Cl2N7O8/c1-49-38(50-2)53-22-32(55-38)20-47-36(48)46(26-42-47)30-6-4-28(5-7-30)44-15-17-45(18-16-44)29-8-10-31(11-9-29)51-21-33-23-52-37(54-33,24-43-14-13-41-25-43)34-12-3-27(39)19-35(34)40/h3-14,19,25-26,32-33H,15-18,20-24H2,1-2H3. The minimum atomic E-state index is -1.56. The van der Waals surface area contributed by atoms with Crippen molar-refractivity contribution in [3.05, 3.63) is 118 Å². The van der Waals surface area contributed by atoms with E-state index in [2.05, 4.69) is 32.0 Å². The third-order valence-electron chi connectivity index (χ3n) is 9.93. The van der Waals surface area contributed by atoms with Gasteiger partial charge in [-0.05, 0) is 60.7 Å². The first kappa shape index (κ1) is 37.5. The monoisotopic (exact) mass is 793 g/mol. The van der Waals surface area contributed by atoms with Crippen LogP contribution in [0.2, 0.25) is 10.0 Å². The number of nitrogens with zero attached hydrogens (tertiary/aromatic N) is 7. The minimum Gasteiger partial charge on any atom is -0.491 e. The fraction of sp³-hybridized carbons (Fsp3) is 0.395. The van der Waals surface area contributed by atoms with Crippen LogP contribution in [0.1, 0.15) is 5.56 Å². The summed E-state index contributed by atoms with van der Waals surface area (Å²) in [5.74, 6) is -0.368. The third-order valence-corrected chi connectivity index (χ3v) is 10.5.